The van der Waals surface area contributed by atoms with Gasteiger partial charge in [0.15, 0.2) is 0 Å². The van der Waals surface area contributed by atoms with Gasteiger partial charge in [0.1, 0.15) is 19.2 Å². The Morgan fingerprint density at radius 3 is 3.44 bits per heavy atom. The summed E-state index contributed by atoms with van der Waals surface area (Å²) in [7, 11) is 0. The van der Waals surface area contributed by atoms with Crippen molar-refractivity contribution in [3.05, 3.63) is 18.1 Å². The number of hydrogen-bond donors (Lipinski definition) is 1. The molecule has 0 atom stereocenters. The Kier molecular flexibility index (Phi) is 0.828. The Bertz CT molecular complexity index is 239. The minimum atomic E-state index is 0.659. The number of fused-ring (bicyclic) bond motifs is 1. The van der Waals surface area contributed by atoms with E-state index in [1.165, 1.54) is 0 Å². The fraction of sp³-hybridized carbons (Fsp3) is 0.167. The third-order valence-electron chi connectivity index (χ3n) is 1.28. The molecule has 0 aromatic carbocycles. The zero-order valence-electron chi connectivity index (χ0n) is 4.79. The van der Waals surface area contributed by atoms with E-state index in [2.05, 4.69) is 10.3 Å². The van der Waals surface area contributed by atoms with E-state index in [1.807, 2.05) is 0 Å². The van der Waals surface area contributed by atoms with Crippen LogP contribution in [0.2, 0.25) is 0 Å². The standard InChI is InChI=1S/C6H6N2O/c1-5-2-9-3-6(5)8-4-7-1/h1-3,8H,4H2. The van der Waals surface area contributed by atoms with Crippen LogP contribution in [0.4, 0.5) is 5.69 Å². The van der Waals surface area contributed by atoms with Crippen molar-refractivity contribution in [2.24, 2.45) is 4.99 Å². The van der Waals surface area contributed by atoms with E-state index in [4.69, 9.17) is 4.42 Å². The Hall–Kier alpha value is -1.25. The van der Waals surface area contributed by atoms with Crippen molar-refractivity contribution in [1.82, 2.24) is 0 Å². The zero-order chi connectivity index (χ0) is 6.10. The SMILES string of the molecule is C1=NCNc2cocc21. The first-order valence-corrected chi connectivity index (χ1v) is 2.77. The summed E-state index contributed by atoms with van der Waals surface area (Å²) in [4.78, 5) is 3.99. The van der Waals surface area contributed by atoms with Gasteiger partial charge in [0, 0.05) is 6.21 Å². The molecule has 0 radical (unpaired) electrons. The Labute approximate surface area is 52.4 Å². The first kappa shape index (κ1) is 4.61. The van der Waals surface area contributed by atoms with Gasteiger partial charge in [0.2, 0.25) is 0 Å². The van der Waals surface area contributed by atoms with Gasteiger partial charge < -0.3 is 9.73 Å². The summed E-state index contributed by atoms with van der Waals surface area (Å²) in [5, 5.41) is 3.05. The summed E-state index contributed by atoms with van der Waals surface area (Å²) < 4.78 is 4.91. The van der Waals surface area contributed by atoms with Crippen LogP contribution in [0, 0.1) is 0 Å². The fourth-order valence-electron chi connectivity index (χ4n) is 0.825. The number of anilines is 1. The Morgan fingerprint density at radius 1 is 1.56 bits per heavy atom. The van der Waals surface area contributed by atoms with Crippen LogP contribution in [0.15, 0.2) is 21.9 Å². The molecule has 0 fully saturated rings. The van der Waals surface area contributed by atoms with E-state index in [9.17, 15) is 0 Å². The van der Waals surface area contributed by atoms with Gasteiger partial charge in [0.25, 0.3) is 0 Å². The van der Waals surface area contributed by atoms with Crippen molar-refractivity contribution >= 4 is 11.9 Å². The third kappa shape index (κ3) is 0.614. The molecule has 0 unspecified atom stereocenters. The van der Waals surface area contributed by atoms with E-state index in [1.54, 1.807) is 18.7 Å². The molecule has 2 heterocycles. The van der Waals surface area contributed by atoms with Gasteiger partial charge in [0.05, 0.1) is 11.3 Å². The fourth-order valence-corrected chi connectivity index (χ4v) is 0.825. The lowest BCUT2D eigenvalue weighted by atomic mass is 10.3. The Morgan fingerprint density at radius 2 is 2.56 bits per heavy atom. The van der Waals surface area contributed by atoms with Gasteiger partial charge in [-0.1, -0.05) is 0 Å². The van der Waals surface area contributed by atoms with Gasteiger partial charge in [-0.25, -0.2) is 0 Å². The van der Waals surface area contributed by atoms with Crippen LogP contribution < -0.4 is 5.32 Å². The predicted octanol–water partition coefficient (Wildman–Crippen LogP) is 1.08. The normalized spacial score (nSPS) is 14.7. The second kappa shape index (κ2) is 1.62. The maximum atomic E-state index is 4.91. The maximum absolute atomic E-state index is 4.91. The topological polar surface area (TPSA) is 37.5 Å². The highest BCUT2D eigenvalue weighted by molar-refractivity contribution is 5.88. The van der Waals surface area contributed by atoms with Crippen LogP contribution in [0.5, 0.6) is 0 Å². The van der Waals surface area contributed by atoms with Crippen molar-refractivity contribution in [2.75, 3.05) is 12.0 Å². The highest BCUT2D eigenvalue weighted by Crippen LogP contribution is 2.16. The average molecular weight is 122 g/mol. The molecule has 0 saturated heterocycles. The molecule has 1 aromatic rings. The van der Waals surface area contributed by atoms with Gasteiger partial charge >= 0.3 is 0 Å². The van der Waals surface area contributed by atoms with Crippen molar-refractivity contribution in [3.8, 4) is 0 Å². The number of furan rings is 1. The molecule has 0 spiro atoms. The number of nitrogens with zero attached hydrogens (tertiary/aromatic N) is 1. The van der Waals surface area contributed by atoms with E-state index < -0.39 is 0 Å². The molecule has 9 heavy (non-hydrogen) atoms. The Balaban J connectivity index is 2.53. The molecule has 1 aliphatic heterocycles. The zero-order valence-corrected chi connectivity index (χ0v) is 4.79. The molecule has 0 bridgehead atoms. The lowest BCUT2D eigenvalue weighted by molar-refractivity contribution is 0.568. The highest BCUT2D eigenvalue weighted by atomic mass is 16.3. The van der Waals surface area contributed by atoms with Crippen LogP contribution >= 0.6 is 0 Å². The van der Waals surface area contributed by atoms with E-state index in [-0.39, 0.29) is 0 Å². The second-order valence-corrected chi connectivity index (χ2v) is 1.89. The number of rotatable bonds is 0. The first-order valence-electron chi connectivity index (χ1n) is 2.77. The van der Waals surface area contributed by atoms with Crippen molar-refractivity contribution in [2.45, 2.75) is 0 Å². The van der Waals surface area contributed by atoms with Crippen molar-refractivity contribution < 1.29 is 4.42 Å². The minimum absolute atomic E-state index is 0.659. The monoisotopic (exact) mass is 122 g/mol. The van der Waals surface area contributed by atoms with E-state index >= 15 is 0 Å². The summed E-state index contributed by atoms with van der Waals surface area (Å²) in [5.74, 6) is 0. The first-order chi connectivity index (χ1) is 4.47. The van der Waals surface area contributed by atoms with E-state index in [0.29, 0.717) is 6.67 Å². The average Bonchev–Trinajstić information content (AvgIpc) is 2.33. The lowest BCUT2D eigenvalue weighted by Gasteiger charge is -2.03. The third-order valence-corrected chi connectivity index (χ3v) is 1.28. The molecule has 1 N–H and O–H groups in total. The molecule has 46 valence electrons. The van der Waals surface area contributed by atoms with Crippen LogP contribution in [0.1, 0.15) is 5.56 Å². The summed E-state index contributed by atoms with van der Waals surface area (Å²) in [6, 6.07) is 0. The molecule has 0 saturated carbocycles. The second-order valence-electron chi connectivity index (χ2n) is 1.89. The summed E-state index contributed by atoms with van der Waals surface area (Å²) >= 11 is 0. The predicted molar refractivity (Wildman–Crippen MR) is 34.8 cm³/mol. The molecule has 2 rings (SSSR count). The summed E-state index contributed by atoms with van der Waals surface area (Å²) in [6.45, 7) is 0.659. The summed E-state index contributed by atoms with van der Waals surface area (Å²) in [5.41, 5.74) is 2.06. The van der Waals surface area contributed by atoms with Gasteiger partial charge in [-0.2, -0.15) is 0 Å². The van der Waals surface area contributed by atoms with Crippen molar-refractivity contribution in [3.63, 3.8) is 0 Å². The maximum Gasteiger partial charge on any atom is 0.114 e. The minimum Gasteiger partial charge on any atom is -0.470 e. The molecular formula is C6H6N2O. The molecule has 3 nitrogen and oxygen atoms in total. The number of aliphatic imine (C=N–C) groups is 1. The van der Waals surface area contributed by atoms with Crippen LogP contribution in [0.3, 0.4) is 0 Å². The molecule has 0 amide bonds. The molecule has 3 heteroatoms. The number of nitrogens with one attached hydrogen (secondary N) is 1. The number of hydrogen-bond acceptors (Lipinski definition) is 3. The largest absolute Gasteiger partial charge is 0.470 e. The molecule has 1 aliphatic rings. The quantitative estimate of drug-likeness (QED) is 0.559. The van der Waals surface area contributed by atoms with Gasteiger partial charge in [-0.15, -0.1) is 0 Å². The van der Waals surface area contributed by atoms with Crippen LogP contribution in [-0.2, 0) is 0 Å². The molecule has 1 aromatic heterocycles. The highest BCUT2D eigenvalue weighted by Gasteiger charge is 2.03. The smallest absolute Gasteiger partial charge is 0.114 e. The van der Waals surface area contributed by atoms with E-state index in [0.717, 1.165) is 11.3 Å². The van der Waals surface area contributed by atoms with Crippen LogP contribution in [0.25, 0.3) is 0 Å². The van der Waals surface area contributed by atoms with Gasteiger partial charge in [-0.05, 0) is 0 Å². The van der Waals surface area contributed by atoms with Gasteiger partial charge in [-0.3, -0.25) is 4.99 Å². The lowest BCUT2D eigenvalue weighted by Crippen LogP contribution is -2.04. The molecular weight excluding hydrogens is 116 g/mol. The summed E-state index contributed by atoms with van der Waals surface area (Å²) in [6.07, 6.45) is 5.15. The van der Waals surface area contributed by atoms with Crippen LogP contribution in [-0.4, -0.2) is 12.9 Å². The molecule has 0 aliphatic carbocycles. The van der Waals surface area contributed by atoms with Crippen molar-refractivity contribution in [1.29, 1.82) is 0 Å².